The maximum Gasteiger partial charge on any atom is 0.269 e. The molecule has 0 bridgehead atoms. The molecular weight excluding hydrogens is 264 g/mol. The number of rotatable bonds is 3. The fourth-order valence-corrected chi connectivity index (χ4v) is 2.68. The molecule has 1 aromatic rings. The highest BCUT2D eigenvalue weighted by atomic mass is 16.2. The van der Waals surface area contributed by atoms with Crippen LogP contribution in [0.5, 0.6) is 0 Å². The van der Waals surface area contributed by atoms with Gasteiger partial charge in [-0.25, -0.2) is 0 Å². The zero-order valence-electron chi connectivity index (χ0n) is 12.8. The Labute approximate surface area is 126 Å². The van der Waals surface area contributed by atoms with Crippen LogP contribution in [0.1, 0.15) is 67.8 Å². The molecule has 0 heterocycles. The van der Waals surface area contributed by atoms with Gasteiger partial charge < -0.3 is 0 Å². The lowest BCUT2D eigenvalue weighted by Gasteiger charge is -2.20. The summed E-state index contributed by atoms with van der Waals surface area (Å²) in [6.45, 7) is 4.22. The van der Waals surface area contributed by atoms with Gasteiger partial charge in [-0.05, 0) is 36.5 Å². The van der Waals surface area contributed by atoms with Crippen molar-refractivity contribution >= 4 is 11.8 Å². The number of hydrogen-bond donors (Lipinski definition) is 2. The van der Waals surface area contributed by atoms with E-state index in [0.29, 0.717) is 11.5 Å². The second kappa shape index (κ2) is 7.25. The quantitative estimate of drug-likeness (QED) is 0.839. The first-order chi connectivity index (χ1) is 10.1. The second-order valence-corrected chi connectivity index (χ2v) is 6.06. The zero-order chi connectivity index (χ0) is 15.2. The molecule has 1 fully saturated rings. The Bertz CT molecular complexity index is 488. The highest BCUT2D eigenvalue weighted by Crippen LogP contribution is 2.23. The summed E-state index contributed by atoms with van der Waals surface area (Å²) in [5.41, 5.74) is 6.81. The third-order valence-electron chi connectivity index (χ3n) is 4.11. The minimum atomic E-state index is -0.269. The molecule has 4 heteroatoms. The van der Waals surface area contributed by atoms with Crippen LogP contribution in [0.25, 0.3) is 0 Å². The molecule has 2 rings (SSSR count). The fourth-order valence-electron chi connectivity index (χ4n) is 2.68. The van der Waals surface area contributed by atoms with Gasteiger partial charge in [0.2, 0.25) is 5.91 Å². The van der Waals surface area contributed by atoms with Crippen molar-refractivity contribution in [1.82, 2.24) is 10.9 Å². The van der Waals surface area contributed by atoms with E-state index in [0.717, 1.165) is 25.7 Å². The topological polar surface area (TPSA) is 58.2 Å². The number of carbonyl (C=O) groups excluding carboxylic acids is 2. The van der Waals surface area contributed by atoms with Gasteiger partial charge in [0.25, 0.3) is 5.91 Å². The Balaban J connectivity index is 1.84. The molecule has 2 amide bonds. The molecule has 0 atom stereocenters. The van der Waals surface area contributed by atoms with Crippen LogP contribution in [0.4, 0.5) is 0 Å². The monoisotopic (exact) mass is 288 g/mol. The number of hydrogen-bond acceptors (Lipinski definition) is 2. The Morgan fingerprint density at radius 1 is 1.00 bits per heavy atom. The van der Waals surface area contributed by atoms with E-state index in [4.69, 9.17) is 0 Å². The SMILES string of the molecule is CC(C)c1ccc(C(=O)NNC(=O)C2CCCCC2)cc1. The van der Waals surface area contributed by atoms with Crippen LogP contribution < -0.4 is 10.9 Å². The van der Waals surface area contributed by atoms with Crippen LogP contribution in [-0.2, 0) is 4.79 Å². The first-order valence-electron chi connectivity index (χ1n) is 7.78. The van der Waals surface area contributed by atoms with E-state index in [1.165, 1.54) is 12.0 Å². The molecule has 0 radical (unpaired) electrons. The van der Waals surface area contributed by atoms with E-state index < -0.39 is 0 Å². The van der Waals surface area contributed by atoms with Crippen LogP contribution in [0.2, 0.25) is 0 Å². The maximum atomic E-state index is 12.0. The van der Waals surface area contributed by atoms with Crippen molar-refractivity contribution in [1.29, 1.82) is 0 Å². The predicted molar refractivity (Wildman–Crippen MR) is 82.7 cm³/mol. The number of carbonyl (C=O) groups is 2. The summed E-state index contributed by atoms with van der Waals surface area (Å²) in [7, 11) is 0. The van der Waals surface area contributed by atoms with Crippen molar-refractivity contribution in [3.63, 3.8) is 0 Å². The number of benzene rings is 1. The zero-order valence-corrected chi connectivity index (χ0v) is 12.8. The van der Waals surface area contributed by atoms with E-state index in [-0.39, 0.29) is 17.7 Å². The Morgan fingerprint density at radius 3 is 2.19 bits per heavy atom. The van der Waals surface area contributed by atoms with Crippen molar-refractivity contribution in [2.45, 2.75) is 51.9 Å². The van der Waals surface area contributed by atoms with Crippen molar-refractivity contribution < 1.29 is 9.59 Å². The largest absolute Gasteiger partial charge is 0.273 e. The van der Waals surface area contributed by atoms with Gasteiger partial charge >= 0.3 is 0 Å². The third kappa shape index (κ3) is 4.31. The highest BCUT2D eigenvalue weighted by molar-refractivity contribution is 5.95. The van der Waals surface area contributed by atoms with Crippen LogP contribution >= 0.6 is 0 Å². The van der Waals surface area contributed by atoms with Gasteiger partial charge in [0.05, 0.1) is 0 Å². The van der Waals surface area contributed by atoms with Gasteiger partial charge in [0.15, 0.2) is 0 Å². The summed E-state index contributed by atoms with van der Waals surface area (Å²) in [5, 5.41) is 0. The standard InChI is InChI=1S/C17H24N2O2/c1-12(2)13-8-10-15(11-9-13)17(21)19-18-16(20)14-6-4-3-5-7-14/h8-12,14H,3-7H2,1-2H3,(H,18,20)(H,19,21). The number of hydrazine groups is 1. The summed E-state index contributed by atoms with van der Waals surface area (Å²) < 4.78 is 0. The van der Waals surface area contributed by atoms with Crippen molar-refractivity contribution in [3.8, 4) is 0 Å². The van der Waals surface area contributed by atoms with E-state index in [2.05, 4.69) is 24.7 Å². The maximum absolute atomic E-state index is 12.0. The first kappa shape index (κ1) is 15.5. The molecule has 0 spiro atoms. The van der Waals surface area contributed by atoms with Crippen molar-refractivity contribution in [3.05, 3.63) is 35.4 Å². The Morgan fingerprint density at radius 2 is 1.62 bits per heavy atom. The minimum Gasteiger partial charge on any atom is -0.273 e. The summed E-state index contributed by atoms with van der Waals surface area (Å²) in [6.07, 6.45) is 5.25. The normalized spacial score (nSPS) is 15.8. The second-order valence-electron chi connectivity index (χ2n) is 6.06. The molecule has 0 aliphatic heterocycles. The third-order valence-corrected chi connectivity index (χ3v) is 4.11. The predicted octanol–water partition coefficient (Wildman–Crippen LogP) is 3.15. The molecule has 114 valence electrons. The minimum absolute atomic E-state index is 0.0439. The fraction of sp³-hybridized carbons (Fsp3) is 0.529. The highest BCUT2D eigenvalue weighted by Gasteiger charge is 2.21. The van der Waals surface area contributed by atoms with E-state index in [9.17, 15) is 9.59 Å². The van der Waals surface area contributed by atoms with Gasteiger partial charge in [0, 0.05) is 11.5 Å². The van der Waals surface area contributed by atoms with Gasteiger partial charge in [-0.15, -0.1) is 0 Å². The van der Waals surface area contributed by atoms with Crippen LogP contribution in [-0.4, -0.2) is 11.8 Å². The lowest BCUT2D eigenvalue weighted by Crippen LogP contribution is -2.44. The molecule has 1 aliphatic rings. The lowest BCUT2D eigenvalue weighted by molar-refractivity contribution is -0.126. The van der Waals surface area contributed by atoms with Crippen LogP contribution in [0.3, 0.4) is 0 Å². The molecule has 1 saturated carbocycles. The van der Waals surface area contributed by atoms with Crippen LogP contribution in [0.15, 0.2) is 24.3 Å². The Hall–Kier alpha value is -1.84. The first-order valence-corrected chi connectivity index (χ1v) is 7.78. The number of nitrogens with one attached hydrogen (secondary N) is 2. The summed E-state index contributed by atoms with van der Waals surface area (Å²) in [4.78, 5) is 23.9. The number of amides is 2. The van der Waals surface area contributed by atoms with Gasteiger partial charge in [0.1, 0.15) is 0 Å². The molecule has 1 aliphatic carbocycles. The van der Waals surface area contributed by atoms with Crippen molar-refractivity contribution in [2.24, 2.45) is 5.92 Å². The molecule has 0 saturated heterocycles. The average Bonchev–Trinajstić information content (AvgIpc) is 2.53. The molecule has 21 heavy (non-hydrogen) atoms. The molecule has 0 aromatic heterocycles. The van der Waals surface area contributed by atoms with Crippen molar-refractivity contribution in [2.75, 3.05) is 0 Å². The van der Waals surface area contributed by atoms with E-state index >= 15 is 0 Å². The van der Waals surface area contributed by atoms with Gasteiger partial charge in [-0.1, -0.05) is 45.2 Å². The smallest absolute Gasteiger partial charge is 0.269 e. The molecular formula is C17H24N2O2. The molecule has 2 N–H and O–H groups in total. The molecule has 4 nitrogen and oxygen atoms in total. The lowest BCUT2D eigenvalue weighted by atomic mass is 9.89. The summed E-state index contributed by atoms with van der Waals surface area (Å²) in [6, 6.07) is 7.47. The van der Waals surface area contributed by atoms with Crippen LogP contribution in [0, 0.1) is 5.92 Å². The van der Waals surface area contributed by atoms with Gasteiger partial charge in [-0.3, -0.25) is 20.4 Å². The molecule has 0 unspecified atom stereocenters. The summed E-state index contributed by atoms with van der Waals surface area (Å²) in [5.74, 6) is 0.145. The van der Waals surface area contributed by atoms with Gasteiger partial charge in [-0.2, -0.15) is 0 Å². The molecule has 1 aromatic carbocycles. The summed E-state index contributed by atoms with van der Waals surface area (Å²) >= 11 is 0. The van der Waals surface area contributed by atoms with E-state index in [1.54, 1.807) is 12.1 Å². The average molecular weight is 288 g/mol. The Kier molecular flexibility index (Phi) is 5.37. The van der Waals surface area contributed by atoms with E-state index in [1.807, 2.05) is 12.1 Å².